The first-order valence-electron chi connectivity index (χ1n) is 14.8. The van der Waals surface area contributed by atoms with Crippen molar-refractivity contribution in [1.82, 2.24) is 0 Å². The van der Waals surface area contributed by atoms with E-state index in [2.05, 4.69) is 164 Å². The maximum absolute atomic E-state index is 2.35. The molecule has 0 heterocycles. The van der Waals surface area contributed by atoms with Crippen molar-refractivity contribution >= 4 is 27.1 Å². The highest BCUT2D eigenvalue weighted by molar-refractivity contribution is 6.19. The number of benzene rings is 6. The molecule has 0 aliphatic heterocycles. The van der Waals surface area contributed by atoms with Crippen molar-refractivity contribution in [2.24, 2.45) is 5.92 Å². The van der Waals surface area contributed by atoms with E-state index in [0.29, 0.717) is 5.92 Å². The Morgan fingerprint density at radius 1 is 0.429 bits per heavy atom. The van der Waals surface area contributed by atoms with Gasteiger partial charge in [-0.3, -0.25) is 0 Å². The first-order valence-corrected chi connectivity index (χ1v) is 14.8. The van der Waals surface area contributed by atoms with Crippen molar-refractivity contribution in [3.05, 3.63) is 175 Å². The van der Waals surface area contributed by atoms with Crippen LogP contribution in [-0.4, -0.2) is 0 Å². The maximum atomic E-state index is 2.35. The minimum absolute atomic E-state index is 0.445. The molecule has 0 saturated heterocycles. The van der Waals surface area contributed by atoms with Crippen molar-refractivity contribution in [3.63, 3.8) is 0 Å². The minimum atomic E-state index is 0.445. The number of fused-ring (bicyclic) bond motifs is 3. The lowest BCUT2D eigenvalue weighted by Crippen LogP contribution is -2.07. The second kappa shape index (κ2) is 10.3. The second-order valence-electron chi connectivity index (χ2n) is 11.3. The molecule has 6 aromatic carbocycles. The van der Waals surface area contributed by atoms with Crippen LogP contribution in [0.25, 0.3) is 60.5 Å². The molecular formula is C42H30. The topological polar surface area (TPSA) is 0 Å². The van der Waals surface area contributed by atoms with Crippen molar-refractivity contribution in [1.29, 1.82) is 0 Å². The largest absolute Gasteiger partial charge is 0.0767 e. The van der Waals surface area contributed by atoms with Crippen LogP contribution in [0, 0.1) is 5.92 Å². The molecule has 0 saturated carbocycles. The lowest BCUT2D eigenvalue weighted by molar-refractivity contribution is 0.794. The molecule has 0 heteroatoms. The second-order valence-corrected chi connectivity index (χ2v) is 11.3. The molecular weight excluding hydrogens is 504 g/mol. The fraction of sp³-hybridized carbons (Fsp3) is 0.0476. The molecule has 1 unspecified atom stereocenters. The Labute approximate surface area is 247 Å². The van der Waals surface area contributed by atoms with Crippen LogP contribution in [-0.2, 0) is 0 Å². The first kappa shape index (κ1) is 24.6. The van der Waals surface area contributed by atoms with Crippen LogP contribution in [0.3, 0.4) is 0 Å². The van der Waals surface area contributed by atoms with Gasteiger partial charge in [0.25, 0.3) is 0 Å². The van der Waals surface area contributed by atoms with Crippen molar-refractivity contribution in [2.45, 2.75) is 6.42 Å². The highest BCUT2D eigenvalue weighted by Gasteiger charge is 2.22. The van der Waals surface area contributed by atoms with Crippen LogP contribution < -0.4 is 0 Å². The molecule has 198 valence electrons. The Morgan fingerprint density at radius 3 is 1.64 bits per heavy atom. The number of hydrogen-bond donors (Lipinski definition) is 0. The summed E-state index contributed by atoms with van der Waals surface area (Å²) in [5.74, 6) is 0.445. The minimum Gasteiger partial charge on any atom is -0.0767 e. The molecule has 2 aliphatic carbocycles. The Morgan fingerprint density at radius 2 is 0.976 bits per heavy atom. The Bertz CT molecular complexity index is 2030. The third kappa shape index (κ3) is 4.24. The highest BCUT2D eigenvalue weighted by Crippen LogP contribution is 2.45. The van der Waals surface area contributed by atoms with Gasteiger partial charge in [0.1, 0.15) is 0 Å². The van der Waals surface area contributed by atoms with Crippen molar-refractivity contribution in [3.8, 4) is 33.4 Å². The summed E-state index contributed by atoms with van der Waals surface area (Å²) in [5.41, 5.74) is 11.7. The molecule has 0 fully saturated rings. The average Bonchev–Trinajstić information content (AvgIpc) is 3.07. The first-order chi connectivity index (χ1) is 20.8. The third-order valence-corrected chi connectivity index (χ3v) is 8.82. The molecule has 0 radical (unpaired) electrons. The van der Waals surface area contributed by atoms with E-state index in [0.717, 1.165) is 6.42 Å². The van der Waals surface area contributed by atoms with Crippen molar-refractivity contribution in [2.75, 3.05) is 0 Å². The van der Waals surface area contributed by atoms with Gasteiger partial charge in [-0.15, -0.1) is 0 Å². The predicted molar refractivity (Wildman–Crippen MR) is 180 cm³/mol. The summed E-state index contributed by atoms with van der Waals surface area (Å²) in [5, 5.41) is 5.26. The van der Waals surface area contributed by atoms with Gasteiger partial charge in [-0.2, -0.15) is 0 Å². The van der Waals surface area contributed by atoms with E-state index in [9.17, 15) is 0 Å². The summed E-state index contributed by atoms with van der Waals surface area (Å²) in [4.78, 5) is 0. The van der Waals surface area contributed by atoms with E-state index in [1.165, 1.54) is 71.6 Å². The molecule has 0 amide bonds. The maximum Gasteiger partial charge on any atom is 0.00617 e. The van der Waals surface area contributed by atoms with Crippen LogP contribution in [0.15, 0.2) is 169 Å². The van der Waals surface area contributed by atoms with Gasteiger partial charge >= 0.3 is 0 Å². The van der Waals surface area contributed by atoms with Crippen molar-refractivity contribution < 1.29 is 0 Å². The molecule has 1 atom stereocenters. The van der Waals surface area contributed by atoms with E-state index in [4.69, 9.17) is 0 Å². The zero-order valence-electron chi connectivity index (χ0n) is 23.4. The summed E-state index contributed by atoms with van der Waals surface area (Å²) in [6.07, 6.45) is 14.6. The lowest BCUT2D eigenvalue weighted by atomic mass is 9.79. The molecule has 2 aliphatic rings. The fourth-order valence-corrected chi connectivity index (χ4v) is 6.78. The van der Waals surface area contributed by atoms with Gasteiger partial charge < -0.3 is 0 Å². The SMILES string of the molecule is C1=CC2=CC=C(c3c4ccccc4c(-c4ccc(-c5cccc(-c6ccccc6)c5)cc4)c4ccccc34)CC2C=C1. The van der Waals surface area contributed by atoms with Gasteiger partial charge in [0.05, 0.1) is 0 Å². The molecule has 0 nitrogen and oxygen atoms in total. The summed E-state index contributed by atoms with van der Waals surface area (Å²) in [6.45, 7) is 0. The van der Waals surface area contributed by atoms with Crippen LogP contribution in [0.1, 0.15) is 12.0 Å². The summed E-state index contributed by atoms with van der Waals surface area (Å²) in [7, 11) is 0. The highest BCUT2D eigenvalue weighted by atomic mass is 14.3. The van der Waals surface area contributed by atoms with Crippen LogP contribution in [0.5, 0.6) is 0 Å². The quantitative estimate of drug-likeness (QED) is 0.197. The standard InChI is InChI=1S/C42H30/c1-2-11-29(12-3-1)34-15-10-16-35(27-34)31-21-24-32(25-22-31)41-37-17-6-8-19-39(37)42(40-20-9-7-18-38(40)41)36-26-23-30-13-4-5-14-33(30)28-36/h1-27,33H,28H2. The number of allylic oxidation sites excluding steroid dienone is 8. The number of rotatable bonds is 4. The summed E-state index contributed by atoms with van der Waals surface area (Å²) < 4.78 is 0. The van der Waals surface area contributed by atoms with Gasteiger partial charge in [-0.05, 0) is 84.1 Å². The van der Waals surface area contributed by atoms with E-state index in [1.807, 2.05) is 0 Å². The van der Waals surface area contributed by atoms with Gasteiger partial charge in [0, 0.05) is 5.92 Å². The van der Waals surface area contributed by atoms with Gasteiger partial charge in [0.15, 0.2) is 0 Å². The molecule has 0 spiro atoms. The lowest BCUT2D eigenvalue weighted by Gasteiger charge is -2.25. The van der Waals surface area contributed by atoms with Crippen LogP contribution in [0.4, 0.5) is 0 Å². The Kier molecular flexibility index (Phi) is 6.04. The van der Waals surface area contributed by atoms with E-state index < -0.39 is 0 Å². The van der Waals surface area contributed by atoms with E-state index in [-0.39, 0.29) is 0 Å². The molecule has 8 rings (SSSR count). The van der Waals surface area contributed by atoms with Gasteiger partial charge in [-0.1, -0.05) is 158 Å². The van der Waals surface area contributed by atoms with Gasteiger partial charge in [0.2, 0.25) is 0 Å². The smallest absolute Gasteiger partial charge is 0.00617 e. The summed E-state index contributed by atoms with van der Waals surface area (Å²) in [6, 6.07) is 46.5. The average molecular weight is 535 g/mol. The zero-order valence-corrected chi connectivity index (χ0v) is 23.4. The number of hydrogen-bond acceptors (Lipinski definition) is 0. The summed E-state index contributed by atoms with van der Waals surface area (Å²) >= 11 is 0. The molecule has 0 bridgehead atoms. The molecule has 42 heavy (non-hydrogen) atoms. The predicted octanol–water partition coefficient (Wildman–Crippen LogP) is 11.4. The molecule has 0 aromatic heterocycles. The van der Waals surface area contributed by atoms with Gasteiger partial charge in [-0.25, -0.2) is 0 Å². The third-order valence-electron chi connectivity index (χ3n) is 8.82. The van der Waals surface area contributed by atoms with Crippen LogP contribution >= 0.6 is 0 Å². The van der Waals surface area contributed by atoms with E-state index >= 15 is 0 Å². The zero-order chi connectivity index (χ0) is 27.9. The van der Waals surface area contributed by atoms with E-state index in [1.54, 1.807) is 0 Å². The fourth-order valence-electron chi connectivity index (χ4n) is 6.78. The molecule has 0 N–H and O–H groups in total. The normalized spacial score (nSPS) is 15.9. The van der Waals surface area contributed by atoms with Crippen LogP contribution in [0.2, 0.25) is 0 Å². The molecule has 6 aromatic rings. The Hall–Kier alpha value is -5.20. The monoisotopic (exact) mass is 534 g/mol. The Balaban J connectivity index is 1.26.